The summed E-state index contributed by atoms with van der Waals surface area (Å²) in [7, 11) is 0. The fraction of sp³-hybridized carbons (Fsp3) is 0.211. The van der Waals surface area contributed by atoms with Gasteiger partial charge in [0.1, 0.15) is 0 Å². The Morgan fingerprint density at radius 1 is 0.815 bits per heavy atom. The first-order chi connectivity index (χ1) is 13.2. The standard InChI is InChI=1S/C19H20N8/c1-12(2)21-17-24-18(22-14-6-4-3-5-7-14)26-19(25-17)23-15-9-8-13-11-20-27-16(13)10-15/h3-10,12H,11H2,1-2H3,(H3,21,22,23,24,25,26). The maximum atomic E-state index is 4.49. The molecule has 2 aromatic carbocycles. The highest BCUT2D eigenvalue weighted by atomic mass is 15.3. The van der Waals surface area contributed by atoms with Gasteiger partial charge in [0.25, 0.3) is 0 Å². The minimum absolute atomic E-state index is 0.199. The molecule has 27 heavy (non-hydrogen) atoms. The average molecular weight is 360 g/mol. The molecular weight excluding hydrogens is 340 g/mol. The lowest BCUT2D eigenvalue weighted by Crippen LogP contribution is -2.15. The van der Waals surface area contributed by atoms with Gasteiger partial charge in [-0.15, -0.1) is 0 Å². The molecule has 3 N–H and O–H groups in total. The summed E-state index contributed by atoms with van der Waals surface area (Å²) in [6, 6.07) is 15.9. The Morgan fingerprint density at radius 2 is 1.52 bits per heavy atom. The van der Waals surface area contributed by atoms with Crippen LogP contribution in [0.5, 0.6) is 0 Å². The van der Waals surface area contributed by atoms with Crippen LogP contribution in [0.3, 0.4) is 0 Å². The number of para-hydroxylation sites is 1. The van der Waals surface area contributed by atoms with Crippen molar-refractivity contribution in [1.29, 1.82) is 0 Å². The molecule has 0 saturated carbocycles. The Hall–Kier alpha value is -3.55. The van der Waals surface area contributed by atoms with Gasteiger partial charge in [-0.1, -0.05) is 24.3 Å². The van der Waals surface area contributed by atoms with Crippen LogP contribution in [0.4, 0.5) is 34.9 Å². The molecule has 8 heteroatoms. The molecule has 1 aliphatic heterocycles. The lowest BCUT2D eigenvalue weighted by atomic mass is 10.2. The molecule has 3 aromatic rings. The largest absolute Gasteiger partial charge is 0.352 e. The van der Waals surface area contributed by atoms with Crippen LogP contribution in [-0.2, 0) is 6.54 Å². The first-order valence-corrected chi connectivity index (χ1v) is 8.78. The Bertz CT molecular complexity index is 969. The van der Waals surface area contributed by atoms with E-state index in [1.807, 2.05) is 62.4 Å². The van der Waals surface area contributed by atoms with Gasteiger partial charge < -0.3 is 16.0 Å². The maximum Gasteiger partial charge on any atom is 0.233 e. The second-order valence-electron chi connectivity index (χ2n) is 6.46. The summed E-state index contributed by atoms with van der Waals surface area (Å²) >= 11 is 0. The smallest absolute Gasteiger partial charge is 0.233 e. The predicted molar refractivity (Wildman–Crippen MR) is 106 cm³/mol. The third-order valence-corrected chi connectivity index (χ3v) is 3.84. The van der Waals surface area contributed by atoms with Gasteiger partial charge in [-0.05, 0) is 38.1 Å². The van der Waals surface area contributed by atoms with E-state index in [1.54, 1.807) is 0 Å². The van der Waals surface area contributed by atoms with E-state index in [0.717, 1.165) is 22.6 Å². The van der Waals surface area contributed by atoms with Gasteiger partial charge in [0.05, 0.1) is 12.2 Å². The van der Waals surface area contributed by atoms with Crippen molar-refractivity contribution < 1.29 is 0 Å². The number of rotatable bonds is 6. The lowest BCUT2D eigenvalue weighted by Gasteiger charge is -2.13. The normalized spacial score (nSPS) is 12.1. The molecule has 2 heterocycles. The highest BCUT2D eigenvalue weighted by Crippen LogP contribution is 2.30. The van der Waals surface area contributed by atoms with E-state index in [2.05, 4.69) is 41.1 Å². The summed E-state index contributed by atoms with van der Waals surface area (Å²) in [5.74, 6) is 1.41. The molecule has 8 nitrogen and oxygen atoms in total. The van der Waals surface area contributed by atoms with Crippen LogP contribution in [0.2, 0.25) is 0 Å². The molecule has 136 valence electrons. The first-order valence-electron chi connectivity index (χ1n) is 8.78. The first kappa shape index (κ1) is 16.9. The quantitative estimate of drug-likeness (QED) is 0.585. The summed E-state index contributed by atoms with van der Waals surface area (Å²) in [5.41, 5.74) is 3.74. The average Bonchev–Trinajstić information content (AvgIpc) is 3.09. The Morgan fingerprint density at radius 3 is 2.26 bits per heavy atom. The van der Waals surface area contributed by atoms with Crippen LogP contribution in [0.1, 0.15) is 19.4 Å². The van der Waals surface area contributed by atoms with Crippen molar-refractivity contribution in [2.45, 2.75) is 26.4 Å². The Labute approximate surface area is 157 Å². The van der Waals surface area contributed by atoms with Gasteiger partial charge in [-0.2, -0.15) is 25.2 Å². The maximum absolute atomic E-state index is 4.49. The molecule has 1 aliphatic rings. The Balaban J connectivity index is 1.62. The summed E-state index contributed by atoms with van der Waals surface area (Å²) in [5, 5.41) is 17.8. The molecule has 0 amide bonds. The van der Waals surface area contributed by atoms with Crippen LogP contribution < -0.4 is 16.0 Å². The molecule has 0 bridgehead atoms. The molecule has 0 radical (unpaired) electrons. The van der Waals surface area contributed by atoms with Crippen LogP contribution >= 0.6 is 0 Å². The highest BCUT2D eigenvalue weighted by molar-refractivity contribution is 5.64. The number of benzene rings is 2. The fourth-order valence-electron chi connectivity index (χ4n) is 2.65. The van der Waals surface area contributed by atoms with E-state index in [4.69, 9.17) is 0 Å². The number of hydrogen-bond donors (Lipinski definition) is 3. The van der Waals surface area contributed by atoms with Crippen molar-refractivity contribution in [3.05, 3.63) is 54.1 Å². The molecule has 0 spiro atoms. The SMILES string of the molecule is CC(C)Nc1nc(Nc2ccccc2)nc(Nc2ccc3c(c2)N=NC3)n1. The molecule has 0 saturated heterocycles. The van der Waals surface area contributed by atoms with E-state index in [9.17, 15) is 0 Å². The zero-order valence-electron chi connectivity index (χ0n) is 15.1. The van der Waals surface area contributed by atoms with E-state index >= 15 is 0 Å². The van der Waals surface area contributed by atoms with Gasteiger partial charge >= 0.3 is 0 Å². The van der Waals surface area contributed by atoms with Crippen LogP contribution in [0.15, 0.2) is 58.8 Å². The molecular formula is C19H20N8. The van der Waals surface area contributed by atoms with Crippen molar-refractivity contribution in [1.82, 2.24) is 15.0 Å². The van der Waals surface area contributed by atoms with E-state index < -0.39 is 0 Å². The zero-order valence-corrected chi connectivity index (χ0v) is 15.1. The predicted octanol–water partition coefficient (Wildman–Crippen LogP) is 4.78. The van der Waals surface area contributed by atoms with Crippen molar-refractivity contribution in [2.75, 3.05) is 16.0 Å². The fourth-order valence-corrected chi connectivity index (χ4v) is 2.65. The van der Waals surface area contributed by atoms with Crippen molar-refractivity contribution in [3.63, 3.8) is 0 Å². The van der Waals surface area contributed by atoms with Crippen LogP contribution in [-0.4, -0.2) is 21.0 Å². The van der Waals surface area contributed by atoms with Gasteiger partial charge in [0, 0.05) is 23.0 Å². The third-order valence-electron chi connectivity index (χ3n) is 3.84. The van der Waals surface area contributed by atoms with Gasteiger partial charge in [0.15, 0.2) is 0 Å². The summed E-state index contributed by atoms with van der Waals surface area (Å²) in [6.07, 6.45) is 0. The summed E-state index contributed by atoms with van der Waals surface area (Å²) in [4.78, 5) is 13.4. The number of nitrogens with one attached hydrogen (secondary N) is 3. The molecule has 4 rings (SSSR count). The minimum Gasteiger partial charge on any atom is -0.352 e. The minimum atomic E-state index is 0.199. The monoisotopic (exact) mass is 360 g/mol. The van der Waals surface area contributed by atoms with Gasteiger partial charge in [-0.25, -0.2) is 0 Å². The molecule has 0 fully saturated rings. The number of aromatic nitrogens is 3. The lowest BCUT2D eigenvalue weighted by molar-refractivity contribution is 0.869. The highest BCUT2D eigenvalue weighted by Gasteiger charge is 2.11. The number of hydrogen-bond acceptors (Lipinski definition) is 8. The van der Waals surface area contributed by atoms with Crippen molar-refractivity contribution >= 4 is 34.9 Å². The van der Waals surface area contributed by atoms with Crippen LogP contribution in [0, 0.1) is 0 Å². The summed E-state index contributed by atoms with van der Waals surface area (Å²) in [6.45, 7) is 4.70. The number of anilines is 5. The Kier molecular flexibility index (Phi) is 4.61. The van der Waals surface area contributed by atoms with E-state index in [1.165, 1.54) is 0 Å². The topological polar surface area (TPSA) is 99.5 Å². The number of nitrogens with zero attached hydrogens (tertiary/aromatic N) is 5. The van der Waals surface area contributed by atoms with Crippen LogP contribution in [0.25, 0.3) is 0 Å². The third kappa shape index (κ3) is 4.17. The number of azo groups is 1. The molecule has 1 aromatic heterocycles. The summed E-state index contributed by atoms with van der Waals surface area (Å²) < 4.78 is 0. The molecule has 0 atom stereocenters. The second-order valence-corrected chi connectivity index (χ2v) is 6.46. The van der Waals surface area contributed by atoms with Gasteiger partial charge in [-0.3, -0.25) is 0 Å². The molecule has 0 aliphatic carbocycles. The van der Waals surface area contributed by atoms with E-state index in [0.29, 0.717) is 24.4 Å². The van der Waals surface area contributed by atoms with Gasteiger partial charge in [0.2, 0.25) is 17.8 Å². The zero-order chi connectivity index (χ0) is 18.6. The van der Waals surface area contributed by atoms with Crippen molar-refractivity contribution in [3.8, 4) is 0 Å². The second kappa shape index (κ2) is 7.36. The van der Waals surface area contributed by atoms with E-state index in [-0.39, 0.29) is 6.04 Å². The van der Waals surface area contributed by atoms with Crippen molar-refractivity contribution in [2.24, 2.45) is 10.2 Å². The molecule has 0 unspecified atom stereocenters. The number of fused-ring (bicyclic) bond motifs is 1.